The smallest absolute Gasteiger partial charge is 0.0414 e. The number of nitrogens with zero attached hydrogens (tertiary/aromatic N) is 1. The summed E-state index contributed by atoms with van der Waals surface area (Å²) in [4.78, 5) is 2.53. The zero-order chi connectivity index (χ0) is 15.1. The fraction of sp³-hybridized carbons (Fsp3) is 0.667. The van der Waals surface area contributed by atoms with Gasteiger partial charge in [-0.25, -0.2) is 0 Å². The second kappa shape index (κ2) is 8.31. The molecule has 0 bridgehead atoms. The number of nitrogens with two attached hydrogens (primary N) is 1. The second-order valence-corrected chi connectivity index (χ2v) is 6.70. The monoisotopic (exact) mass is 276 g/mol. The van der Waals surface area contributed by atoms with Gasteiger partial charge in [-0.1, -0.05) is 45.9 Å². The van der Waals surface area contributed by atoms with Crippen LogP contribution in [0.4, 0.5) is 5.69 Å². The molecule has 0 amide bonds. The quantitative estimate of drug-likeness (QED) is 0.751. The van der Waals surface area contributed by atoms with Gasteiger partial charge in [-0.05, 0) is 43.2 Å². The van der Waals surface area contributed by atoms with Crippen molar-refractivity contribution >= 4 is 5.69 Å². The van der Waals surface area contributed by atoms with Crippen LogP contribution < -0.4 is 10.6 Å². The highest BCUT2D eigenvalue weighted by Gasteiger charge is 2.14. The van der Waals surface area contributed by atoms with Gasteiger partial charge in [0.05, 0.1) is 0 Å². The highest BCUT2D eigenvalue weighted by Crippen LogP contribution is 2.26. The molecule has 20 heavy (non-hydrogen) atoms. The van der Waals surface area contributed by atoms with Gasteiger partial charge in [-0.3, -0.25) is 0 Å². The summed E-state index contributed by atoms with van der Waals surface area (Å²) in [6, 6.07) is 8.69. The van der Waals surface area contributed by atoms with Gasteiger partial charge in [0.1, 0.15) is 0 Å². The predicted octanol–water partition coefficient (Wildman–Crippen LogP) is 4.60. The minimum absolute atomic E-state index is 0.0896. The van der Waals surface area contributed by atoms with Gasteiger partial charge >= 0.3 is 0 Å². The highest BCUT2D eigenvalue weighted by molar-refractivity contribution is 5.54. The average molecular weight is 276 g/mol. The zero-order valence-electron chi connectivity index (χ0n) is 13.9. The molecule has 2 heteroatoms. The van der Waals surface area contributed by atoms with Crippen molar-refractivity contribution in [3.05, 3.63) is 29.8 Å². The molecule has 0 saturated carbocycles. The molecule has 0 aliphatic rings. The lowest BCUT2D eigenvalue weighted by molar-refractivity contribution is 0.534. The molecule has 114 valence electrons. The topological polar surface area (TPSA) is 29.3 Å². The molecule has 0 fully saturated rings. The van der Waals surface area contributed by atoms with Gasteiger partial charge < -0.3 is 10.6 Å². The Labute approximate surface area is 125 Å². The van der Waals surface area contributed by atoms with E-state index in [0.717, 1.165) is 24.9 Å². The molecule has 0 heterocycles. The van der Waals surface area contributed by atoms with Crippen LogP contribution in [0.1, 0.15) is 59.1 Å². The molecular formula is C18H32N2. The van der Waals surface area contributed by atoms with Crippen LogP contribution in [0.15, 0.2) is 24.3 Å². The lowest BCUT2D eigenvalue weighted by atomic mass is 10.0. The molecule has 1 rings (SSSR count). The number of hydrogen-bond donors (Lipinski definition) is 1. The van der Waals surface area contributed by atoms with Crippen LogP contribution >= 0.6 is 0 Å². The highest BCUT2D eigenvalue weighted by atomic mass is 15.1. The summed E-state index contributed by atoms with van der Waals surface area (Å²) in [5, 5.41) is 0. The van der Waals surface area contributed by atoms with E-state index < -0.39 is 0 Å². The first-order valence-electron chi connectivity index (χ1n) is 8.01. The Kier molecular flexibility index (Phi) is 7.08. The fourth-order valence-electron chi connectivity index (χ4n) is 2.34. The van der Waals surface area contributed by atoms with Crippen molar-refractivity contribution < 1.29 is 0 Å². The maximum atomic E-state index is 6.14. The maximum absolute atomic E-state index is 6.14. The largest absolute Gasteiger partial charge is 0.371 e. The third kappa shape index (κ3) is 5.54. The van der Waals surface area contributed by atoms with Crippen LogP contribution in [0.25, 0.3) is 0 Å². The van der Waals surface area contributed by atoms with Gasteiger partial charge in [-0.2, -0.15) is 0 Å². The molecule has 0 aliphatic heterocycles. The van der Waals surface area contributed by atoms with E-state index in [0.29, 0.717) is 0 Å². The summed E-state index contributed by atoms with van der Waals surface area (Å²) in [6.45, 7) is 13.5. The summed E-state index contributed by atoms with van der Waals surface area (Å²) in [5.41, 5.74) is 8.72. The van der Waals surface area contributed by atoms with Crippen LogP contribution in [-0.4, -0.2) is 13.1 Å². The zero-order valence-corrected chi connectivity index (χ0v) is 13.9. The third-order valence-corrected chi connectivity index (χ3v) is 3.72. The maximum Gasteiger partial charge on any atom is 0.0414 e. The van der Waals surface area contributed by atoms with E-state index in [-0.39, 0.29) is 6.04 Å². The average Bonchev–Trinajstić information content (AvgIpc) is 2.38. The minimum Gasteiger partial charge on any atom is -0.371 e. The van der Waals surface area contributed by atoms with Gasteiger partial charge in [-0.15, -0.1) is 0 Å². The van der Waals surface area contributed by atoms with Crippen molar-refractivity contribution in [2.24, 2.45) is 17.6 Å². The van der Waals surface area contributed by atoms with E-state index in [1.807, 2.05) is 0 Å². The van der Waals surface area contributed by atoms with Crippen LogP contribution in [0.3, 0.4) is 0 Å². The van der Waals surface area contributed by atoms with Crippen molar-refractivity contribution in [2.45, 2.75) is 53.5 Å². The van der Waals surface area contributed by atoms with Crippen LogP contribution in [0.2, 0.25) is 0 Å². The van der Waals surface area contributed by atoms with E-state index in [1.54, 1.807) is 0 Å². The number of anilines is 1. The molecule has 0 aromatic heterocycles. The molecule has 0 spiro atoms. The second-order valence-electron chi connectivity index (χ2n) is 6.70. The summed E-state index contributed by atoms with van der Waals surface area (Å²) in [7, 11) is 0. The Morgan fingerprint density at radius 1 is 0.900 bits per heavy atom. The van der Waals surface area contributed by atoms with Gasteiger partial charge in [0, 0.05) is 24.8 Å². The molecule has 0 aliphatic carbocycles. The molecule has 0 saturated heterocycles. The van der Waals surface area contributed by atoms with E-state index in [2.05, 4.69) is 63.8 Å². The molecule has 1 atom stereocenters. The lowest BCUT2D eigenvalue weighted by Gasteiger charge is -2.29. The summed E-state index contributed by atoms with van der Waals surface area (Å²) in [5.74, 6) is 1.47. The summed E-state index contributed by atoms with van der Waals surface area (Å²) in [6.07, 6.45) is 2.46. The molecule has 2 nitrogen and oxygen atoms in total. The van der Waals surface area contributed by atoms with Crippen molar-refractivity contribution in [1.82, 2.24) is 0 Å². The Bertz CT molecular complexity index is 371. The third-order valence-electron chi connectivity index (χ3n) is 3.72. The lowest BCUT2D eigenvalue weighted by Crippen LogP contribution is -2.29. The Morgan fingerprint density at radius 2 is 1.40 bits per heavy atom. The number of benzene rings is 1. The summed E-state index contributed by atoms with van der Waals surface area (Å²) < 4.78 is 0. The van der Waals surface area contributed by atoms with Crippen LogP contribution in [0, 0.1) is 11.8 Å². The first-order chi connectivity index (χ1) is 9.41. The Hall–Kier alpha value is -1.02. The minimum atomic E-state index is 0.0896. The normalized spacial score (nSPS) is 13.0. The van der Waals surface area contributed by atoms with E-state index in [1.165, 1.54) is 24.1 Å². The van der Waals surface area contributed by atoms with E-state index in [4.69, 9.17) is 5.73 Å². The molecule has 0 unspecified atom stereocenters. The van der Waals surface area contributed by atoms with Gasteiger partial charge in [0.2, 0.25) is 0 Å². The Morgan fingerprint density at radius 3 is 1.85 bits per heavy atom. The predicted molar refractivity (Wildman–Crippen MR) is 90.2 cm³/mol. The van der Waals surface area contributed by atoms with Crippen molar-refractivity contribution in [3.8, 4) is 0 Å². The molecule has 0 radical (unpaired) electrons. The molecule has 1 aromatic carbocycles. The first-order valence-corrected chi connectivity index (χ1v) is 8.01. The van der Waals surface area contributed by atoms with E-state index in [9.17, 15) is 0 Å². The van der Waals surface area contributed by atoms with E-state index >= 15 is 0 Å². The molecule has 2 N–H and O–H groups in total. The van der Waals surface area contributed by atoms with Gasteiger partial charge in [0.25, 0.3) is 0 Å². The standard InChI is InChI=1S/C18H32N2/c1-14(2)10-12-20(13-11-15(3)4)18-9-7-6-8-17(18)16(5)19/h6-9,14-16H,10-13,19H2,1-5H3/t16-/m1/s1. The van der Waals surface area contributed by atoms with Crippen molar-refractivity contribution in [3.63, 3.8) is 0 Å². The molecular weight excluding hydrogens is 244 g/mol. The van der Waals surface area contributed by atoms with Crippen LogP contribution in [-0.2, 0) is 0 Å². The Balaban J connectivity index is 2.90. The summed E-state index contributed by atoms with van der Waals surface area (Å²) >= 11 is 0. The van der Waals surface area contributed by atoms with Crippen LogP contribution in [0.5, 0.6) is 0 Å². The number of rotatable bonds is 8. The number of para-hydroxylation sites is 1. The van der Waals surface area contributed by atoms with Gasteiger partial charge in [0.15, 0.2) is 0 Å². The molecule has 1 aromatic rings. The first kappa shape index (κ1) is 17.0. The number of hydrogen-bond acceptors (Lipinski definition) is 2. The fourth-order valence-corrected chi connectivity index (χ4v) is 2.34. The van der Waals surface area contributed by atoms with Crippen molar-refractivity contribution in [1.29, 1.82) is 0 Å². The van der Waals surface area contributed by atoms with Crippen molar-refractivity contribution in [2.75, 3.05) is 18.0 Å². The SMILES string of the molecule is CC(C)CCN(CCC(C)C)c1ccccc1[C@@H](C)N.